The fraction of sp³-hybridized carbons (Fsp3) is 0.188. The van der Waals surface area contributed by atoms with Gasteiger partial charge in [-0.1, -0.05) is 78.9 Å². The minimum Gasteiger partial charge on any atom is -0.493 e. The van der Waals surface area contributed by atoms with E-state index in [4.69, 9.17) is 14.2 Å². The lowest BCUT2D eigenvalue weighted by atomic mass is 9.95. The summed E-state index contributed by atoms with van der Waals surface area (Å²) in [6.45, 7) is 0.106. The van der Waals surface area contributed by atoms with Gasteiger partial charge in [0.05, 0.1) is 14.2 Å². The van der Waals surface area contributed by atoms with Crippen LogP contribution in [-0.2, 0) is 16.0 Å². The number of ether oxygens (including phenoxy) is 3. The highest BCUT2D eigenvalue weighted by atomic mass is 16.5. The van der Waals surface area contributed by atoms with Crippen molar-refractivity contribution in [2.24, 2.45) is 0 Å². The van der Waals surface area contributed by atoms with E-state index in [2.05, 4.69) is 17.4 Å². The first-order valence-corrected chi connectivity index (χ1v) is 12.6. The topological polar surface area (TPSA) is 94.1 Å². The standard InChI is InChI=1S/C32H29NO6/c1-37-29-16-15-21(18-30(29)38-2)22-10-4-3-9-20(22)17-28(31(34)35)33-32(36)39-19-27-25-13-7-5-11-23(25)24-12-6-8-14-26(24)27/h3-16,18,27-28H,17,19H2,1-2H3,(H,33,36)(H,34,35). The third kappa shape index (κ3) is 5.29. The second kappa shape index (κ2) is 11.3. The van der Waals surface area contributed by atoms with Crippen molar-refractivity contribution in [3.63, 3.8) is 0 Å². The van der Waals surface area contributed by atoms with Crippen LogP contribution in [0.3, 0.4) is 0 Å². The van der Waals surface area contributed by atoms with E-state index in [0.29, 0.717) is 11.5 Å². The van der Waals surface area contributed by atoms with Crippen LogP contribution >= 0.6 is 0 Å². The maximum Gasteiger partial charge on any atom is 0.407 e. The Hall–Kier alpha value is -4.78. The molecule has 39 heavy (non-hydrogen) atoms. The average molecular weight is 524 g/mol. The van der Waals surface area contributed by atoms with Gasteiger partial charge in [-0.2, -0.15) is 0 Å². The fourth-order valence-electron chi connectivity index (χ4n) is 5.19. The SMILES string of the molecule is COc1ccc(-c2ccccc2CC(NC(=O)OCC2c3ccccc3-c3ccccc32)C(=O)O)cc1OC. The van der Waals surface area contributed by atoms with E-state index in [0.717, 1.165) is 38.9 Å². The highest BCUT2D eigenvalue weighted by Gasteiger charge is 2.30. The molecule has 5 rings (SSSR count). The number of carbonyl (C=O) groups excluding carboxylic acids is 1. The molecule has 0 heterocycles. The number of benzene rings is 4. The number of carboxylic acid groups (broad SMARTS) is 1. The Bertz CT molecular complexity index is 1470. The highest BCUT2D eigenvalue weighted by Crippen LogP contribution is 2.44. The van der Waals surface area contributed by atoms with Crippen molar-refractivity contribution >= 4 is 12.1 Å². The molecule has 0 fully saturated rings. The summed E-state index contributed by atoms with van der Waals surface area (Å²) in [4.78, 5) is 25.0. The summed E-state index contributed by atoms with van der Waals surface area (Å²) in [5.74, 6) is -0.0988. The van der Waals surface area contributed by atoms with Crippen molar-refractivity contribution < 1.29 is 28.9 Å². The second-order valence-electron chi connectivity index (χ2n) is 9.29. The Morgan fingerprint density at radius 2 is 1.38 bits per heavy atom. The number of methoxy groups -OCH3 is 2. The number of rotatable bonds is 9. The number of carbonyl (C=O) groups is 2. The largest absolute Gasteiger partial charge is 0.493 e. The molecule has 0 saturated heterocycles. The zero-order chi connectivity index (χ0) is 27.4. The quantitative estimate of drug-likeness (QED) is 0.284. The van der Waals surface area contributed by atoms with E-state index in [1.807, 2.05) is 72.8 Å². The first-order valence-electron chi connectivity index (χ1n) is 12.6. The van der Waals surface area contributed by atoms with Crippen molar-refractivity contribution in [3.8, 4) is 33.8 Å². The zero-order valence-electron chi connectivity index (χ0n) is 21.7. The second-order valence-corrected chi connectivity index (χ2v) is 9.29. The molecule has 0 radical (unpaired) electrons. The molecule has 0 bridgehead atoms. The van der Waals surface area contributed by atoms with Crippen LogP contribution in [0, 0.1) is 0 Å². The van der Waals surface area contributed by atoms with Crippen LogP contribution in [0.15, 0.2) is 91.0 Å². The Labute approximate surface area is 227 Å². The van der Waals surface area contributed by atoms with Gasteiger partial charge in [-0.15, -0.1) is 0 Å². The Balaban J connectivity index is 1.30. The van der Waals surface area contributed by atoms with Crippen LogP contribution < -0.4 is 14.8 Å². The number of aliphatic carboxylic acids is 1. The molecule has 0 aliphatic heterocycles. The number of fused-ring (bicyclic) bond motifs is 3. The van der Waals surface area contributed by atoms with Gasteiger partial charge in [-0.25, -0.2) is 9.59 Å². The molecule has 7 heteroatoms. The third-order valence-corrected chi connectivity index (χ3v) is 7.07. The third-order valence-electron chi connectivity index (χ3n) is 7.07. The van der Waals surface area contributed by atoms with Crippen LogP contribution in [0.5, 0.6) is 11.5 Å². The minimum atomic E-state index is -1.18. The van der Waals surface area contributed by atoms with Crippen LogP contribution in [0.4, 0.5) is 4.79 Å². The molecule has 198 valence electrons. The van der Waals surface area contributed by atoms with Gasteiger partial charge in [0, 0.05) is 12.3 Å². The van der Waals surface area contributed by atoms with Crippen LogP contribution in [0.2, 0.25) is 0 Å². The normalized spacial score (nSPS) is 12.7. The molecule has 1 amide bonds. The first-order chi connectivity index (χ1) is 19.0. The Morgan fingerprint density at radius 3 is 2.00 bits per heavy atom. The summed E-state index contributed by atoms with van der Waals surface area (Å²) in [6.07, 6.45) is -0.697. The summed E-state index contributed by atoms with van der Waals surface area (Å²) in [6, 6.07) is 27.9. The molecule has 0 spiro atoms. The zero-order valence-corrected chi connectivity index (χ0v) is 21.7. The maximum absolute atomic E-state index is 12.8. The number of alkyl carbamates (subject to hydrolysis) is 1. The minimum absolute atomic E-state index is 0.0735. The molecule has 1 unspecified atom stereocenters. The summed E-state index contributed by atoms with van der Waals surface area (Å²) in [5, 5.41) is 12.5. The molecule has 0 aromatic heterocycles. The van der Waals surface area contributed by atoms with E-state index in [1.165, 1.54) is 0 Å². The molecule has 1 aliphatic carbocycles. The van der Waals surface area contributed by atoms with Crippen LogP contribution in [-0.4, -0.2) is 44.0 Å². The fourth-order valence-corrected chi connectivity index (χ4v) is 5.19. The number of amides is 1. The van der Waals surface area contributed by atoms with Gasteiger partial charge in [0.2, 0.25) is 0 Å². The highest BCUT2D eigenvalue weighted by molar-refractivity contribution is 5.82. The molecule has 2 N–H and O–H groups in total. The number of carboxylic acids is 1. The van der Waals surface area contributed by atoms with E-state index >= 15 is 0 Å². The molecule has 4 aromatic carbocycles. The van der Waals surface area contributed by atoms with Crippen molar-refractivity contribution in [3.05, 3.63) is 108 Å². The number of hydrogen-bond acceptors (Lipinski definition) is 5. The molecular formula is C32H29NO6. The van der Waals surface area contributed by atoms with Crippen LogP contribution in [0.1, 0.15) is 22.6 Å². The van der Waals surface area contributed by atoms with Crippen molar-refractivity contribution in [2.45, 2.75) is 18.4 Å². The lowest BCUT2D eigenvalue weighted by Crippen LogP contribution is -2.43. The summed E-state index contributed by atoms with van der Waals surface area (Å²) >= 11 is 0. The molecular weight excluding hydrogens is 494 g/mol. The van der Waals surface area contributed by atoms with Gasteiger partial charge in [0.15, 0.2) is 11.5 Å². The molecule has 1 aliphatic rings. The lowest BCUT2D eigenvalue weighted by molar-refractivity contribution is -0.139. The predicted octanol–water partition coefficient (Wildman–Crippen LogP) is 5.91. The number of hydrogen-bond donors (Lipinski definition) is 2. The van der Waals surface area contributed by atoms with Gasteiger partial charge in [-0.3, -0.25) is 0 Å². The van der Waals surface area contributed by atoms with Crippen LogP contribution in [0.25, 0.3) is 22.3 Å². The van der Waals surface area contributed by atoms with Crippen molar-refractivity contribution in [1.29, 1.82) is 0 Å². The Morgan fingerprint density at radius 1 is 0.795 bits per heavy atom. The van der Waals surface area contributed by atoms with Gasteiger partial charge >= 0.3 is 12.1 Å². The monoisotopic (exact) mass is 523 g/mol. The average Bonchev–Trinajstić information content (AvgIpc) is 3.29. The van der Waals surface area contributed by atoms with E-state index in [1.54, 1.807) is 20.3 Å². The summed E-state index contributed by atoms with van der Waals surface area (Å²) < 4.78 is 16.3. The Kier molecular flexibility index (Phi) is 7.50. The molecule has 7 nitrogen and oxygen atoms in total. The smallest absolute Gasteiger partial charge is 0.407 e. The lowest BCUT2D eigenvalue weighted by Gasteiger charge is -2.19. The molecule has 0 saturated carbocycles. The maximum atomic E-state index is 12.8. The van der Waals surface area contributed by atoms with Crippen molar-refractivity contribution in [2.75, 3.05) is 20.8 Å². The summed E-state index contributed by atoms with van der Waals surface area (Å²) in [5.41, 5.74) is 6.86. The van der Waals surface area contributed by atoms with Gasteiger partial charge in [0.1, 0.15) is 12.6 Å². The van der Waals surface area contributed by atoms with Gasteiger partial charge in [-0.05, 0) is 51.1 Å². The number of nitrogens with one attached hydrogen (secondary N) is 1. The van der Waals surface area contributed by atoms with Gasteiger partial charge in [0.25, 0.3) is 0 Å². The van der Waals surface area contributed by atoms with Crippen molar-refractivity contribution in [1.82, 2.24) is 5.32 Å². The van der Waals surface area contributed by atoms with Gasteiger partial charge < -0.3 is 24.6 Å². The van der Waals surface area contributed by atoms with E-state index in [9.17, 15) is 14.7 Å². The molecule has 1 atom stereocenters. The molecule has 4 aromatic rings. The summed E-state index contributed by atoms with van der Waals surface area (Å²) in [7, 11) is 3.13. The van der Waals surface area contributed by atoms with E-state index < -0.39 is 18.1 Å². The first kappa shape index (κ1) is 25.9. The predicted molar refractivity (Wildman–Crippen MR) is 148 cm³/mol. The van der Waals surface area contributed by atoms with E-state index in [-0.39, 0.29) is 18.9 Å².